The van der Waals surface area contributed by atoms with Gasteiger partial charge in [-0.15, -0.1) is 11.3 Å². The maximum atomic E-state index is 13.9. The van der Waals surface area contributed by atoms with Crippen molar-refractivity contribution in [1.82, 2.24) is 15.3 Å². The summed E-state index contributed by atoms with van der Waals surface area (Å²) >= 11 is 1.03. The Morgan fingerprint density at radius 1 is 1.12 bits per heavy atom. The second-order valence-electron chi connectivity index (χ2n) is 7.51. The summed E-state index contributed by atoms with van der Waals surface area (Å²) in [6.07, 6.45) is -2.36. The molecule has 1 aromatic carbocycles. The molecule has 0 aliphatic carbocycles. The van der Waals surface area contributed by atoms with Crippen LogP contribution in [0.25, 0.3) is 10.2 Å². The van der Waals surface area contributed by atoms with Crippen molar-refractivity contribution in [2.45, 2.75) is 51.9 Å². The molecule has 4 nitrogen and oxygen atoms in total. The lowest BCUT2D eigenvalue weighted by Crippen LogP contribution is -2.34. The van der Waals surface area contributed by atoms with Crippen LogP contribution in [0.4, 0.5) is 27.8 Å². The number of aromatic nitrogens is 2. The van der Waals surface area contributed by atoms with Crippen LogP contribution < -0.4 is 10.2 Å². The molecule has 0 saturated heterocycles. The Hall–Kier alpha value is -2.33. The van der Waals surface area contributed by atoms with Crippen molar-refractivity contribution in [1.29, 1.82) is 0 Å². The number of halogens is 5. The van der Waals surface area contributed by atoms with Crippen molar-refractivity contribution in [2.24, 2.45) is 0 Å². The largest absolute Gasteiger partial charge is 0.393 e. The zero-order chi connectivity index (χ0) is 23.3. The van der Waals surface area contributed by atoms with E-state index in [9.17, 15) is 22.0 Å². The van der Waals surface area contributed by atoms with Gasteiger partial charge in [0.25, 0.3) is 0 Å². The first-order valence-electron chi connectivity index (χ1n) is 10.4. The summed E-state index contributed by atoms with van der Waals surface area (Å²) in [6, 6.07) is 5.13. The molecule has 3 aromatic rings. The third kappa shape index (κ3) is 6.35. The lowest BCUT2D eigenvalue weighted by Gasteiger charge is -2.25. The van der Waals surface area contributed by atoms with Crippen LogP contribution in [-0.4, -0.2) is 35.3 Å². The quantitative estimate of drug-likeness (QED) is 0.376. The molecule has 0 fully saturated rings. The number of thiophene rings is 1. The molecule has 1 unspecified atom stereocenters. The number of nitrogens with zero attached hydrogens (tertiary/aromatic N) is 3. The van der Waals surface area contributed by atoms with E-state index < -0.39 is 24.2 Å². The second kappa shape index (κ2) is 10.5. The van der Waals surface area contributed by atoms with Gasteiger partial charge in [0.1, 0.15) is 28.6 Å². The van der Waals surface area contributed by atoms with E-state index in [1.54, 1.807) is 0 Å². The number of benzene rings is 1. The van der Waals surface area contributed by atoms with Crippen LogP contribution in [0.1, 0.15) is 37.1 Å². The fraction of sp³-hybridized carbons (Fsp3) is 0.455. The normalized spacial score (nSPS) is 13.0. The highest BCUT2D eigenvalue weighted by molar-refractivity contribution is 7.18. The van der Waals surface area contributed by atoms with Crippen LogP contribution in [0.3, 0.4) is 0 Å². The Morgan fingerprint density at radius 2 is 1.91 bits per heavy atom. The van der Waals surface area contributed by atoms with E-state index in [0.717, 1.165) is 30.2 Å². The van der Waals surface area contributed by atoms with Crippen LogP contribution in [0.5, 0.6) is 0 Å². The Bertz CT molecular complexity index is 1040. The van der Waals surface area contributed by atoms with Crippen LogP contribution in [0.2, 0.25) is 0 Å². The monoisotopic (exact) mass is 472 g/mol. The predicted octanol–water partition coefficient (Wildman–Crippen LogP) is 5.86. The molecule has 0 aliphatic rings. The van der Waals surface area contributed by atoms with Gasteiger partial charge in [-0.1, -0.05) is 13.0 Å². The number of anilines is 1. The second-order valence-corrected chi connectivity index (χ2v) is 8.63. The summed E-state index contributed by atoms with van der Waals surface area (Å²) in [7, 11) is 0. The van der Waals surface area contributed by atoms with Gasteiger partial charge in [-0.05, 0) is 31.9 Å². The number of fused-ring (bicyclic) bond motifs is 1. The van der Waals surface area contributed by atoms with Crippen LogP contribution in [-0.2, 0) is 13.0 Å². The van der Waals surface area contributed by atoms with Gasteiger partial charge < -0.3 is 10.2 Å². The van der Waals surface area contributed by atoms with Crippen molar-refractivity contribution in [3.05, 3.63) is 52.7 Å². The number of alkyl halides is 3. The van der Waals surface area contributed by atoms with Gasteiger partial charge in [-0.3, -0.25) is 0 Å². The Balaban J connectivity index is 1.68. The molecular weight excluding hydrogens is 447 g/mol. The van der Waals surface area contributed by atoms with Crippen molar-refractivity contribution >= 4 is 27.4 Å². The van der Waals surface area contributed by atoms with Crippen molar-refractivity contribution in [3.8, 4) is 0 Å². The zero-order valence-electron chi connectivity index (χ0n) is 17.8. The molecule has 3 rings (SSSR count). The first kappa shape index (κ1) is 24.3. The fourth-order valence-corrected chi connectivity index (χ4v) is 4.55. The summed E-state index contributed by atoms with van der Waals surface area (Å²) < 4.78 is 65.3. The molecule has 0 aliphatic heterocycles. The van der Waals surface area contributed by atoms with E-state index in [1.165, 1.54) is 24.5 Å². The molecule has 0 amide bonds. The Labute approximate surface area is 187 Å². The highest BCUT2D eigenvalue weighted by Gasteiger charge is 2.29. The summed E-state index contributed by atoms with van der Waals surface area (Å²) in [5.74, 6) is -0.584. The average molecular weight is 473 g/mol. The van der Waals surface area contributed by atoms with E-state index in [2.05, 4.69) is 15.3 Å². The standard InChI is InChI=1S/C22H25F5N4S/c1-3-16(28-12-14-5-6-15(23)9-19(14)24)7-8-31(4-2)20-18-10-17(11-22(25,26)27)32-21(18)30-13-29-20/h5-6,9-10,13,16,28H,3-4,7-8,11-12H2,1-2H3. The van der Waals surface area contributed by atoms with Crippen molar-refractivity contribution < 1.29 is 22.0 Å². The van der Waals surface area contributed by atoms with Gasteiger partial charge in [0.05, 0.1) is 11.8 Å². The zero-order valence-corrected chi connectivity index (χ0v) is 18.7. The minimum atomic E-state index is -4.27. The highest BCUT2D eigenvalue weighted by atomic mass is 32.1. The third-order valence-corrected chi connectivity index (χ3v) is 6.29. The lowest BCUT2D eigenvalue weighted by molar-refractivity contribution is -0.126. The number of hydrogen-bond acceptors (Lipinski definition) is 5. The van der Waals surface area contributed by atoms with Gasteiger partial charge in [0.15, 0.2) is 0 Å². The highest BCUT2D eigenvalue weighted by Crippen LogP contribution is 2.33. The molecule has 32 heavy (non-hydrogen) atoms. The van der Waals surface area contributed by atoms with Gasteiger partial charge in [-0.2, -0.15) is 13.2 Å². The summed E-state index contributed by atoms with van der Waals surface area (Å²) in [5, 5.41) is 3.92. The van der Waals surface area contributed by atoms with E-state index in [1.807, 2.05) is 18.7 Å². The van der Waals surface area contributed by atoms with Gasteiger partial charge in [0.2, 0.25) is 0 Å². The first-order valence-corrected chi connectivity index (χ1v) is 11.2. The van der Waals surface area contributed by atoms with Gasteiger partial charge >= 0.3 is 6.18 Å². The Kier molecular flexibility index (Phi) is 8.00. The summed E-state index contributed by atoms with van der Waals surface area (Å²) in [5.41, 5.74) is 0.394. The summed E-state index contributed by atoms with van der Waals surface area (Å²) in [4.78, 5) is 11.2. The first-order chi connectivity index (χ1) is 15.2. The number of nitrogens with one attached hydrogen (secondary N) is 1. The number of hydrogen-bond donors (Lipinski definition) is 1. The smallest absolute Gasteiger partial charge is 0.356 e. The van der Waals surface area contributed by atoms with E-state index in [4.69, 9.17) is 0 Å². The summed E-state index contributed by atoms with van der Waals surface area (Å²) in [6.45, 7) is 5.49. The van der Waals surface area contributed by atoms with Crippen molar-refractivity contribution in [3.63, 3.8) is 0 Å². The molecule has 0 radical (unpaired) electrons. The fourth-order valence-electron chi connectivity index (χ4n) is 3.52. The van der Waals surface area contributed by atoms with E-state index in [-0.39, 0.29) is 17.5 Å². The average Bonchev–Trinajstić information content (AvgIpc) is 3.12. The molecular formula is C22H25F5N4S. The third-order valence-electron chi connectivity index (χ3n) is 5.25. The maximum absolute atomic E-state index is 13.9. The van der Waals surface area contributed by atoms with Gasteiger partial charge in [-0.25, -0.2) is 18.7 Å². The lowest BCUT2D eigenvalue weighted by atomic mass is 10.1. The van der Waals surface area contributed by atoms with Gasteiger partial charge in [0, 0.05) is 42.2 Å². The molecule has 0 saturated carbocycles. The minimum absolute atomic E-state index is 0.0779. The SMILES string of the molecule is CCC(CCN(CC)c1ncnc2sc(CC(F)(F)F)cc12)NCc1ccc(F)cc1F. The van der Waals surface area contributed by atoms with E-state index >= 15 is 0 Å². The molecule has 0 bridgehead atoms. The molecule has 2 aromatic heterocycles. The number of rotatable bonds is 10. The minimum Gasteiger partial charge on any atom is -0.356 e. The van der Waals surface area contributed by atoms with Crippen LogP contribution in [0, 0.1) is 11.6 Å². The molecule has 10 heteroatoms. The predicted molar refractivity (Wildman–Crippen MR) is 117 cm³/mol. The molecule has 174 valence electrons. The van der Waals surface area contributed by atoms with Crippen LogP contribution >= 0.6 is 11.3 Å². The maximum Gasteiger partial charge on any atom is 0.393 e. The van der Waals surface area contributed by atoms with Crippen LogP contribution in [0.15, 0.2) is 30.6 Å². The topological polar surface area (TPSA) is 41.1 Å². The molecule has 1 atom stereocenters. The molecule has 2 heterocycles. The molecule has 0 spiro atoms. The Morgan fingerprint density at radius 3 is 2.56 bits per heavy atom. The van der Waals surface area contributed by atoms with E-state index in [0.29, 0.717) is 34.7 Å². The molecule has 1 N–H and O–H groups in total. The van der Waals surface area contributed by atoms with Crippen molar-refractivity contribution in [2.75, 3.05) is 18.0 Å².